The van der Waals surface area contributed by atoms with E-state index in [0.717, 1.165) is 0 Å². The van der Waals surface area contributed by atoms with Gasteiger partial charge in [0, 0.05) is 11.5 Å². The lowest BCUT2D eigenvalue weighted by Crippen LogP contribution is -2.49. The number of imidazole rings is 1. The first-order chi connectivity index (χ1) is 17.0. The summed E-state index contributed by atoms with van der Waals surface area (Å²) in [4.78, 5) is 38.0. The van der Waals surface area contributed by atoms with E-state index in [1.165, 1.54) is 12.7 Å². The summed E-state index contributed by atoms with van der Waals surface area (Å²) in [6, 6.07) is 17.3. The van der Waals surface area contributed by atoms with Crippen molar-refractivity contribution < 1.29 is 24.2 Å². The first-order valence-corrected chi connectivity index (χ1v) is 11.1. The Morgan fingerprint density at radius 2 is 1.71 bits per heavy atom. The summed E-state index contributed by atoms with van der Waals surface area (Å²) in [6.07, 6.45) is -0.139. The molecule has 10 heteroatoms. The van der Waals surface area contributed by atoms with E-state index in [1.54, 1.807) is 59.2 Å². The summed E-state index contributed by atoms with van der Waals surface area (Å²) < 4.78 is 13.1. The summed E-state index contributed by atoms with van der Waals surface area (Å²) in [7, 11) is 0. The van der Waals surface area contributed by atoms with Gasteiger partial charge in [0.25, 0.3) is 5.91 Å². The predicted molar refractivity (Wildman–Crippen MR) is 126 cm³/mol. The zero-order valence-corrected chi connectivity index (χ0v) is 18.8. The fraction of sp³-hybridized carbons (Fsp3) is 0.240. The summed E-state index contributed by atoms with van der Waals surface area (Å²) >= 11 is 0. The zero-order chi connectivity index (χ0) is 24.4. The van der Waals surface area contributed by atoms with Crippen LogP contribution in [0.15, 0.2) is 73.3 Å². The Labute approximate surface area is 200 Å². The van der Waals surface area contributed by atoms with Crippen molar-refractivity contribution in [2.24, 2.45) is 5.92 Å². The molecule has 0 radical (unpaired) electrons. The van der Waals surface area contributed by atoms with Gasteiger partial charge in [0.1, 0.15) is 18.5 Å². The second-order valence-corrected chi connectivity index (χ2v) is 8.29. The van der Waals surface area contributed by atoms with Crippen LogP contribution in [0.5, 0.6) is 0 Å². The predicted octanol–water partition coefficient (Wildman–Crippen LogP) is 2.83. The molecule has 2 aromatic carbocycles. The average molecular weight is 473 g/mol. The number of carbonyl (C=O) groups is 2. The van der Waals surface area contributed by atoms with Gasteiger partial charge in [0.2, 0.25) is 0 Å². The molecule has 1 aliphatic rings. The maximum atomic E-state index is 12.6. The second kappa shape index (κ2) is 9.61. The number of amides is 1. The normalized spacial score (nSPS) is 22.0. The molecule has 3 heterocycles. The van der Waals surface area contributed by atoms with Crippen LogP contribution in [0.2, 0.25) is 0 Å². The van der Waals surface area contributed by atoms with Crippen LogP contribution in [0.25, 0.3) is 11.2 Å². The second-order valence-electron chi connectivity index (χ2n) is 8.29. The Kier molecular flexibility index (Phi) is 6.21. The molecule has 35 heavy (non-hydrogen) atoms. The van der Waals surface area contributed by atoms with Gasteiger partial charge < -0.3 is 19.9 Å². The van der Waals surface area contributed by atoms with E-state index in [2.05, 4.69) is 20.3 Å². The molecule has 1 saturated heterocycles. The number of benzene rings is 2. The highest BCUT2D eigenvalue weighted by Crippen LogP contribution is 2.32. The van der Waals surface area contributed by atoms with Crippen molar-refractivity contribution in [2.45, 2.75) is 25.4 Å². The van der Waals surface area contributed by atoms with Crippen molar-refractivity contribution in [2.75, 3.05) is 11.9 Å². The monoisotopic (exact) mass is 473 g/mol. The van der Waals surface area contributed by atoms with Gasteiger partial charge in [-0.2, -0.15) is 0 Å². The molecule has 4 aromatic rings. The highest BCUT2D eigenvalue weighted by molar-refractivity contribution is 6.06. The van der Waals surface area contributed by atoms with Crippen molar-refractivity contribution in [3.8, 4) is 0 Å². The van der Waals surface area contributed by atoms with Gasteiger partial charge in [-0.25, -0.2) is 19.7 Å². The van der Waals surface area contributed by atoms with Crippen LogP contribution in [0, 0.1) is 5.92 Å². The molecule has 1 aliphatic heterocycles. The highest BCUT2D eigenvalue weighted by atomic mass is 16.6. The van der Waals surface area contributed by atoms with Crippen LogP contribution < -0.4 is 5.32 Å². The van der Waals surface area contributed by atoms with Crippen LogP contribution in [-0.2, 0) is 9.47 Å². The third-order valence-electron chi connectivity index (χ3n) is 5.87. The molecule has 178 valence electrons. The van der Waals surface area contributed by atoms with Crippen LogP contribution in [0.4, 0.5) is 5.82 Å². The Bertz CT molecular complexity index is 1340. The van der Waals surface area contributed by atoms with E-state index >= 15 is 0 Å². The van der Waals surface area contributed by atoms with Crippen molar-refractivity contribution in [1.82, 2.24) is 19.5 Å². The number of nitrogens with zero attached hydrogens (tertiary/aromatic N) is 4. The molecular formula is C25H23N5O5. The van der Waals surface area contributed by atoms with Crippen molar-refractivity contribution in [3.05, 3.63) is 84.4 Å². The zero-order valence-electron chi connectivity index (χ0n) is 18.8. The Hall–Kier alpha value is -4.15. The SMILES string of the molecule is CC1COC(n2cnc3c(NC(=O)c4ccccc4)ncnc32)C(O)C1OC(=O)c1ccccc1. The molecule has 4 atom stereocenters. The van der Waals surface area contributed by atoms with Gasteiger partial charge in [-0.05, 0) is 24.3 Å². The third-order valence-corrected chi connectivity index (χ3v) is 5.87. The minimum absolute atomic E-state index is 0.230. The molecule has 5 rings (SSSR count). The lowest BCUT2D eigenvalue weighted by molar-refractivity contribution is -0.188. The molecule has 0 saturated carbocycles. The van der Waals surface area contributed by atoms with E-state index < -0.39 is 24.4 Å². The minimum Gasteiger partial charge on any atom is -0.455 e. The standard InChI is InChI=1S/C25H23N5O5/c1-15-12-34-24(19(31)20(15)35-25(33)17-10-6-3-7-11-17)30-14-28-18-21(26-13-27-22(18)30)29-23(32)16-8-4-2-5-9-16/h2-11,13-15,19-20,24,31H,12H2,1H3,(H,26,27,29,32). The van der Waals surface area contributed by atoms with Gasteiger partial charge in [-0.15, -0.1) is 0 Å². The van der Waals surface area contributed by atoms with Crippen LogP contribution in [-0.4, -0.2) is 55.3 Å². The quantitative estimate of drug-likeness (QED) is 0.424. The summed E-state index contributed by atoms with van der Waals surface area (Å²) in [5.41, 5.74) is 1.57. The molecular weight excluding hydrogens is 450 g/mol. The number of nitrogens with one attached hydrogen (secondary N) is 1. The maximum Gasteiger partial charge on any atom is 0.338 e. The number of hydrogen-bond donors (Lipinski definition) is 2. The van der Waals surface area contributed by atoms with E-state index in [-0.39, 0.29) is 24.2 Å². The topological polar surface area (TPSA) is 128 Å². The van der Waals surface area contributed by atoms with Crippen LogP contribution >= 0.6 is 0 Å². The van der Waals surface area contributed by atoms with Gasteiger partial charge in [-0.1, -0.05) is 43.3 Å². The number of fused-ring (bicyclic) bond motifs is 1. The van der Waals surface area contributed by atoms with E-state index in [0.29, 0.717) is 22.3 Å². The summed E-state index contributed by atoms with van der Waals surface area (Å²) in [5.74, 6) is -0.867. The first kappa shape index (κ1) is 22.6. The van der Waals surface area contributed by atoms with E-state index in [4.69, 9.17) is 9.47 Å². The third kappa shape index (κ3) is 4.48. The molecule has 0 bridgehead atoms. The number of ether oxygens (including phenoxy) is 2. The molecule has 2 aromatic heterocycles. The van der Waals surface area contributed by atoms with E-state index in [1.807, 2.05) is 13.0 Å². The van der Waals surface area contributed by atoms with Crippen molar-refractivity contribution >= 4 is 28.9 Å². The summed E-state index contributed by atoms with van der Waals surface area (Å²) in [5, 5.41) is 13.9. The highest BCUT2D eigenvalue weighted by Gasteiger charge is 2.42. The molecule has 1 amide bonds. The fourth-order valence-electron chi connectivity index (χ4n) is 4.04. The smallest absolute Gasteiger partial charge is 0.338 e. The van der Waals surface area contributed by atoms with Gasteiger partial charge >= 0.3 is 5.97 Å². The maximum absolute atomic E-state index is 12.6. The van der Waals surface area contributed by atoms with Gasteiger partial charge in [-0.3, -0.25) is 9.36 Å². The largest absolute Gasteiger partial charge is 0.455 e. The van der Waals surface area contributed by atoms with Crippen molar-refractivity contribution in [3.63, 3.8) is 0 Å². The lowest BCUT2D eigenvalue weighted by atomic mass is 9.96. The Morgan fingerprint density at radius 3 is 2.43 bits per heavy atom. The molecule has 0 aliphatic carbocycles. The molecule has 2 N–H and O–H groups in total. The van der Waals surface area contributed by atoms with Crippen LogP contribution in [0.3, 0.4) is 0 Å². The number of carbonyl (C=O) groups excluding carboxylic acids is 2. The number of aliphatic hydroxyl groups is 1. The van der Waals surface area contributed by atoms with Gasteiger partial charge in [0.15, 0.2) is 23.2 Å². The van der Waals surface area contributed by atoms with Crippen LogP contribution in [0.1, 0.15) is 33.9 Å². The van der Waals surface area contributed by atoms with E-state index in [9.17, 15) is 14.7 Å². The van der Waals surface area contributed by atoms with Gasteiger partial charge in [0.05, 0.1) is 18.5 Å². The molecule has 0 spiro atoms. The minimum atomic E-state index is -1.18. The number of esters is 1. The fourth-order valence-corrected chi connectivity index (χ4v) is 4.04. The van der Waals surface area contributed by atoms with Crippen molar-refractivity contribution in [1.29, 1.82) is 0 Å². The number of hydrogen-bond acceptors (Lipinski definition) is 8. The molecule has 10 nitrogen and oxygen atoms in total. The number of aliphatic hydroxyl groups excluding tert-OH is 1. The Morgan fingerprint density at radius 1 is 1.03 bits per heavy atom. The lowest BCUT2D eigenvalue weighted by Gasteiger charge is -2.38. The Balaban J connectivity index is 1.39. The number of rotatable bonds is 5. The average Bonchev–Trinajstić information content (AvgIpc) is 3.32. The number of anilines is 1. The summed E-state index contributed by atoms with van der Waals surface area (Å²) in [6.45, 7) is 2.09. The number of aromatic nitrogens is 4. The first-order valence-electron chi connectivity index (χ1n) is 11.1. The molecule has 1 fully saturated rings. The molecule has 4 unspecified atom stereocenters.